The molecule has 0 aliphatic rings. The highest BCUT2D eigenvalue weighted by molar-refractivity contribution is 7.86. The van der Waals surface area contributed by atoms with E-state index in [-0.39, 0.29) is 27.2 Å². The first-order chi connectivity index (χ1) is 14.2. The van der Waals surface area contributed by atoms with Crippen molar-refractivity contribution in [2.24, 2.45) is 0 Å². The van der Waals surface area contributed by atoms with Gasteiger partial charge in [-0.15, -0.1) is 0 Å². The van der Waals surface area contributed by atoms with Crippen LogP contribution in [0.25, 0.3) is 43.6 Å². The van der Waals surface area contributed by atoms with Crippen LogP contribution in [0.15, 0.2) is 56.9 Å². The summed E-state index contributed by atoms with van der Waals surface area (Å²) in [6.07, 6.45) is 0. The molecule has 0 fully saturated rings. The minimum absolute atomic E-state index is 0.0656. The van der Waals surface area contributed by atoms with Crippen molar-refractivity contribution < 1.29 is 13.0 Å². The quantitative estimate of drug-likeness (QED) is 0.283. The number of hydrogen-bond donors (Lipinski definition) is 3. The molecule has 7 nitrogen and oxygen atoms in total. The fourth-order valence-corrected chi connectivity index (χ4v) is 5.06. The average Bonchev–Trinajstić information content (AvgIpc) is 2.67. The molecule has 3 aromatic carbocycles. The third kappa shape index (κ3) is 2.44. The van der Waals surface area contributed by atoms with Gasteiger partial charge in [0, 0.05) is 16.2 Å². The summed E-state index contributed by atoms with van der Waals surface area (Å²) in [5, 5.41) is 0.599. The van der Waals surface area contributed by atoms with Crippen LogP contribution in [0.1, 0.15) is 11.1 Å². The van der Waals surface area contributed by atoms with Crippen molar-refractivity contribution in [3.63, 3.8) is 0 Å². The Morgan fingerprint density at radius 2 is 1.47 bits per heavy atom. The number of rotatable bonds is 1. The van der Waals surface area contributed by atoms with E-state index in [0.29, 0.717) is 27.4 Å². The SMILES string of the molecule is Cc1cccc2c(=O)c3cc4[nH]c5cccc(C)c5c(=O)c4c(S(=O)(=O)O)c3[nH]c12. The standard InChI is InChI=1S/C22H16N2O5S/c1-10-5-4-8-14-16(10)21(26)17-15(23-14)9-13-19(22(17)30(27,28)29)24-18-11(2)6-3-7-12(18)20(13)25/h3-9H,1-2H3,(H,23,26)(H,24,25)(H,27,28,29). The molecule has 2 heterocycles. The zero-order valence-electron chi connectivity index (χ0n) is 16.0. The number of para-hydroxylation sites is 1. The minimum Gasteiger partial charge on any atom is -0.354 e. The number of aromatic amines is 2. The normalized spacial score (nSPS) is 12.4. The third-order valence-corrected chi connectivity index (χ3v) is 6.47. The first kappa shape index (κ1) is 18.5. The molecule has 2 aromatic heterocycles. The molecule has 30 heavy (non-hydrogen) atoms. The lowest BCUT2D eigenvalue weighted by Crippen LogP contribution is -2.15. The molecule has 3 N–H and O–H groups in total. The molecule has 0 saturated carbocycles. The highest BCUT2D eigenvalue weighted by Gasteiger charge is 2.25. The topological polar surface area (TPSA) is 120 Å². The van der Waals surface area contributed by atoms with Crippen molar-refractivity contribution in [1.82, 2.24) is 9.97 Å². The first-order valence-corrected chi connectivity index (χ1v) is 10.6. The fraction of sp³-hybridized carbons (Fsp3) is 0.0909. The maximum atomic E-state index is 13.3. The molecule has 0 aliphatic heterocycles. The molecule has 0 aliphatic carbocycles. The van der Waals surface area contributed by atoms with Gasteiger partial charge < -0.3 is 9.97 Å². The van der Waals surface area contributed by atoms with Crippen LogP contribution in [-0.2, 0) is 10.1 Å². The zero-order valence-corrected chi connectivity index (χ0v) is 16.8. The Kier molecular flexibility index (Phi) is 3.71. The highest BCUT2D eigenvalue weighted by Crippen LogP contribution is 2.30. The molecule has 0 amide bonds. The van der Waals surface area contributed by atoms with Crippen LogP contribution in [0.2, 0.25) is 0 Å². The van der Waals surface area contributed by atoms with Crippen molar-refractivity contribution in [1.29, 1.82) is 0 Å². The number of hydrogen-bond acceptors (Lipinski definition) is 4. The van der Waals surface area contributed by atoms with Gasteiger partial charge in [-0.2, -0.15) is 8.42 Å². The van der Waals surface area contributed by atoms with E-state index in [0.717, 1.165) is 5.56 Å². The molecule has 150 valence electrons. The van der Waals surface area contributed by atoms with E-state index in [9.17, 15) is 22.6 Å². The molecule has 8 heteroatoms. The van der Waals surface area contributed by atoms with Crippen molar-refractivity contribution >= 4 is 53.7 Å². The highest BCUT2D eigenvalue weighted by atomic mass is 32.2. The Labute approximate surface area is 169 Å². The Bertz CT molecular complexity index is 1780. The second kappa shape index (κ2) is 6.01. The van der Waals surface area contributed by atoms with E-state index in [1.54, 1.807) is 50.2 Å². The summed E-state index contributed by atoms with van der Waals surface area (Å²) in [4.78, 5) is 32.0. The minimum atomic E-state index is -4.85. The lowest BCUT2D eigenvalue weighted by molar-refractivity contribution is 0.485. The van der Waals surface area contributed by atoms with Gasteiger partial charge in [-0.25, -0.2) is 0 Å². The predicted molar refractivity (Wildman–Crippen MR) is 117 cm³/mol. The predicted octanol–water partition coefficient (Wildman–Crippen LogP) is 3.54. The van der Waals surface area contributed by atoms with Gasteiger partial charge in [-0.3, -0.25) is 14.1 Å². The monoisotopic (exact) mass is 420 g/mol. The second-order valence-corrected chi connectivity index (χ2v) is 8.79. The molecule has 5 aromatic rings. The average molecular weight is 420 g/mol. The van der Waals surface area contributed by atoms with Crippen LogP contribution >= 0.6 is 0 Å². The van der Waals surface area contributed by atoms with Gasteiger partial charge in [0.15, 0.2) is 10.9 Å². The molecular formula is C22H16N2O5S. The number of aromatic nitrogens is 2. The molecular weight excluding hydrogens is 404 g/mol. The number of nitrogens with one attached hydrogen (secondary N) is 2. The second-order valence-electron chi connectivity index (χ2n) is 7.43. The summed E-state index contributed by atoms with van der Waals surface area (Å²) in [5.41, 5.74) is 1.52. The van der Waals surface area contributed by atoms with E-state index < -0.39 is 20.4 Å². The number of aryl methyl sites for hydroxylation is 2. The van der Waals surface area contributed by atoms with Gasteiger partial charge in [-0.1, -0.05) is 24.3 Å². The van der Waals surface area contributed by atoms with Crippen LogP contribution in [0.4, 0.5) is 0 Å². The van der Waals surface area contributed by atoms with Crippen LogP contribution in [-0.4, -0.2) is 22.9 Å². The van der Waals surface area contributed by atoms with Crippen LogP contribution < -0.4 is 10.9 Å². The van der Waals surface area contributed by atoms with Crippen molar-refractivity contribution in [2.75, 3.05) is 0 Å². The first-order valence-electron chi connectivity index (χ1n) is 9.19. The molecule has 0 unspecified atom stereocenters. The largest absolute Gasteiger partial charge is 0.354 e. The summed E-state index contributed by atoms with van der Waals surface area (Å²) in [6.45, 7) is 3.53. The lowest BCUT2D eigenvalue weighted by Gasteiger charge is -2.12. The van der Waals surface area contributed by atoms with E-state index in [4.69, 9.17) is 0 Å². The van der Waals surface area contributed by atoms with Gasteiger partial charge in [0.1, 0.15) is 4.90 Å². The van der Waals surface area contributed by atoms with Crippen LogP contribution in [0, 0.1) is 13.8 Å². The smallest absolute Gasteiger partial charge is 0.297 e. The Hall–Kier alpha value is -3.49. The summed E-state index contributed by atoms with van der Waals surface area (Å²) >= 11 is 0. The Balaban J connectivity index is 2.20. The molecule has 0 radical (unpaired) electrons. The molecule has 0 atom stereocenters. The number of pyridine rings is 2. The van der Waals surface area contributed by atoms with Crippen molar-refractivity contribution in [3.8, 4) is 0 Å². The maximum Gasteiger partial charge on any atom is 0.297 e. The van der Waals surface area contributed by atoms with E-state index >= 15 is 0 Å². The number of fused-ring (bicyclic) bond motifs is 4. The van der Waals surface area contributed by atoms with Gasteiger partial charge in [0.25, 0.3) is 10.1 Å². The fourth-order valence-electron chi connectivity index (χ4n) is 4.18. The number of benzene rings is 3. The van der Waals surface area contributed by atoms with Crippen molar-refractivity contribution in [2.45, 2.75) is 18.7 Å². The molecule has 0 saturated heterocycles. The van der Waals surface area contributed by atoms with Gasteiger partial charge in [0.2, 0.25) is 0 Å². The van der Waals surface area contributed by atoms with Gasteiger partial charge in [0.05, 0.1) is 27.5 Å². The van der Waals surface area contributed by atoms with Crippen LogP contribution in [0.3, 0.4) is 0 Å². The number of H-pyrrole nitrogens is 2. The van der Waals surface area contributed by atoms with E-state index in [1.165, 1.54) is 6.07 Å². The summed E-state index contributed by atoms with van der Waals surface area (Å²) < 4.78 is 35.0. The van der Waals surface area contributed by atoms with Crippen molar-refractivity contribution in [3.05, 3.63) is 74.0 Å². The molecule has 5 rings (SSSR count). The van der Waals surface area contributed by atoms with Crippen LogP contribution in [0.5, 0.6) is 0 Å². The Morgan fingerprint density at radius 3 is 2.20 bits per heavy atom. The summed E-state index contributed by atoms with van der Waals surface area (Å²) in [7, 11) is -4.85. The van der Waals surface area contributed by atoms with Gasteiger partial charge in [-0.05, 0) is 43.2 Å². The third-order valence-electron chi connectivity index (χ3n) is 5.55. The maximum absolute atomic E-state index is 13.3. The van der Waals surface area contributed by atoms with E-state index in [1.807, 2.05) is 0 Å². The molecule has 0 bridgehead atoms. The molecule has 0 spiro atoms. The lowest BCUT2D eigenvalue weighted by atomic mass is 10.0. The summed E-state index contributed by atoms with van der Waals surface area (Å²) in [6, 6.07) is 11.8. The Morgan fingerprint density at radius 1 is 0.767 bits per heavy atom. The van der Waals surface area contributed by atoms with E-state index in [2.05, 4.69) is 9.97 Å². The summed E-state index contributed by atoms with van der Waals surface area (Å²) in [5.74, 6) is 0. The zero-order chi connectivity index (χ0) is 21.4. The van der Waals surface area contributed by atoms with Gasteiger partial charge >= 0.3 is 0 Å².